The molecule has 4 N–H and O–H groups in total. The average Bonchev–Trinajstić information content (AvgIpc) is 2.07. The Balaban J connectivity index is 3.82. The highest BCUT2D eigenvalue weighted by molar-refractivity contribution is 5.84. The standard InChI is InChI=1S/C12H25N3O2/c1-11(2,3)15-10(17)8-14-9(16)6-7-12(4,5)13/h6-8,13H2,1-5H3,(H,14,16)(H,15,17). The van der Waals surface area contributed by atoms with Crippen molar-refractivity contribution in [3.8, 4) is 0 Å². The second-order valence-electron chi connectivity index (χ2n) is 6.06. The average molecular weight is 243 g/mol. The monoisotopic (exact) mass is 243 g/mol. The van der Waals surface area contributed by atoms with Crippen molar-refractivity contribution in [1.82, 2.24) is 10.6 Å². The van der Waals surface area contributed by atoms with Gasteiger partial charge < -0.3 is 16.4 Å². The molecule has 0 saturated heterocycles. The molecule has 0 aromatic carbocycles. The molecule has 100 valence electrons. The zero-order valence-electron chi connectivity index (χ0n) is 11.5. The van der Waals surface area contributed by atoms with Gasteiger partial charge in [0.05, 0.1) is 6.54 Å². The normalized spacial score (nSPS) is 12.1. The first-order valence-electron chi connectivity index (χ1n) is 5.86. The van der Waals surface area contributed by atoms with Crippen molar-refractivity contribution in [3.63, 3.8) is 0 Å². The first kappa shape index (κ1) is 15.9. The number of rotatable bonds is 5. The summed E-state index contributed by atoms with van der Waals surface area (Å²) in [6.07, 6.45) is 0.937. The van der Waals surface area contributed by atoms with Crippen LogP contribution >= 0.6 is 0 Å². The number of hydrogen-bond donors (Lipinski definition) is 3. The molecule has 0 aliphatic heterocycles. The van der Waals surface area contributed by atoms with Crippen LogP contribution in [-0.4, -0.2) is 29.4 Å². The van der Waals surface area contributed by atoms with E-state index in [0.29, 0.717) is 12.8 Å². The van der Waals surface area contributed by atoms with Crippen molar-refractivity contribution in [2.45, 2.75) is 58.5 Å². The highest BCUT2D eigenvalue weighted by Crippen LogP contribution is 2.06. The van der Waals surface area contributed by atoms with Gasteiger partial charge in [0.15, 0.2) is 0 Å². The SMILES string of the molecule is CC(C)(N)CCC(=O)NCC(=O)NC(C)(C)C. The molecule has 0 heterocycles. The van der Waals surface area contributed by atoms with Gasteiger partial charge in [-0.05, 0) is 41.0 Å². The number of nitrogens with two attached hydrogens (primary N) is 1. The molecule has 0 spiro atoms. The molecule has 0 rings (SSSR count). The molecule has 0 aromatic heterocycles. The van der Waals surface area contributed by atoms with Gasteiger partial charge in [-0.25, -0.2) is 0 Å². The van der Waals surface area contributed by atoms with Crippen molar-refractivity contribution >= 4 is 11.8 Å². The van der Waals surface area contributed by atoms with Gasteiger partial charge in [0.25, 0.3) is 0 Å². The molecule has 0 fully saturated rings. The lowest BCUT2D eigenvalue weighted by Crippen LogP contribution is -2.46. The molecule has 0 unspecified atom stereocenters. The third kappa shape index (κ3) is 11.2. The second-order valence-corrected chi connectivity index (χ2v) is 6.06. The molecular weight excluding hydrogens is 218 g/mol. The van der Waals surface area contributed by atoms with Crippen LogP contribution in [0.25, 0.3) is 0 Å². The molecule has 2 amide bonds. The number of carbonyl (C=O) groups is 2. The van der Waals surface area contributed by atoms with Crippen molar-refractivity contribution in [2.24, 2.45) is 5.73 Å². The summed E-state index contributed by atoms with van der Waals surface area (Å²) >= 11 is 0. The van der Waals surface area contributed by atoms with E-state index in [1.807, 2.05) is 34.6 Å². The summed E-state index contributed by atoms with van der Waals surface area (Å²) in [5, 5.41) is 5.34. The summed E-state index contributed by atoms with van der Waals surface area (Å²) in [6.45, 7) is 9.43. The molecule has 0 bridgehead atoms. The van der Waals surface area contributed by atoms with Crippen LogP contribution in [0, 0.1) is 0 Å². The lowest BCUT2D eigenvalue weighted by Gasteiger charge is -2.21. The number of nitrogens with one attached hydrogen (secondary N) is 2. The first-order chi connectivity index (χ1) is 7.49. The van der Waals surface area contributed by atoms with Crippen molar-refractivity contribution in [1.29, 1.82) is 0 Å². The maximum absolute atomic E-state index is 11.4. The van der Waals surface area contributed by atoms with E-state index < -0.39 is 0 Å². The van der Waals surface area contributed by atoms with Gasteiger partial charge in [-0.15, -0.1) is 0 Å². The Morgan fingerprint density at radius 3 is 2.00 bits per heavy atom. The minimum absolute atomic E-state index is 0.0150. The summed E-state index contributed by atoms with van der Waals surface area (Å²) in [5.74, 6) is -0.328. The van der Waals surface area contributed by atoms with Crippen LogP contribution in [0.1, 0.15) is 47.5 Å². The third-order valence-corrected chi connectivity index (χ3v) is 1.96. The summed E-state index contributed by atoms with van der Waals surface area (Å²) in [5.41, 5.74) is 5.13. The molecule has 0 aliphatic rings. The van der Waals surface area contributed by atoms with Crippen molar-refractivity contribution in [3.05, 3.63) is 0 Å². The zero-order chi connectivity index (χ0) is 13.7. The minimum Gasteiger partial charge on any atom is -0.350 e. The van der Waals surface area contributed by atoms with Crippen LogP contribution in [0.5, 0.6) is 0 Å². The third-order valence-electron chi connectivity index (χ3n) is 1.96. The Morgan fingerprint density at radius 1 is 1.06 bits per heavy atom. The predicted octanol–water partition coefficient (Wildman–Crippen LogP) is 0.535. The fourth-order valence-electron chi connectivity index (χ4n) is 1.17. The summed E-state index contributed by atoms with van der Waals surface area (Å²) in [4.78, 5) is 22.8. The van der Waals surface area contributed by atoms with Gasteiger partial charge in [-0.3, -0.25) is 9.59 Å². The maximum Gasteiger partial charge on any atom is 0.239 e. The predicted molar refractivity (Wildman–Crippen MR) is 68.4 cm³/mol. The number of hydrogen-bond acceptors (Lipinski definition) is 3. The summed E-state index contributed by atoms with van der Waals surface area (Å²) in [7, 11) is 0. The van der Waals surface area contributed by atoms with E-state index in [1.54, 1.807) is 0 Å². The fraction of sp³-hybridized carbons (Fsp3) is 0.833. The van der Waals surface area contributed by atoms with Crippen LogP contribution in [0.3, 0.4) is 0 Å². The minimum atomic E-state index is -0.356. The first-order valence-corrected chi connectivity index (χ1v) is 5.86. The molecule has 17 heavy (non-hydrogen) atoms. The molecular formula is C12H25N3O2. The van der Waals surface area contributed by atoms with E-state index >= 15 is 0 Å². The van der Waals surface area contributed by atoms with Gasteiger partial charge >= 0.3 is 0 Å². The lowest BCUT2D eigenvalue weighted by atomic mass is 10.00. The Kier molecular flexibility index (Phi) is 5.61. The smallest absolute Gasteiger partial charge is 0.239 e. The van der Waals surface area contributed by atoms with Crippen LogP contribution < -0.4 is 16.4 Å². The van der Waals surface area contributed by atoms with Crippen molar-refractivity contribution < 1.29 is 9.59 Å². The van der Waals surface area contributed by atoms with E-state index in [-0.39, 0.29) is 29.4 Å². The molecule has 5 heteroatoms. The fourth-order valence-corrected chi connectivity index (χ4v) is 1.17. The molecule has 0 aromatic rings. The molecule has 0 saturated carbocycles. The highest BCUT2D eigenvalue weighted by Gasteiger charge is 2.16. The number of amides is 2. The largest absolute Gasteiger partial charge is 0.350 e. The van der Waals surface area contributed by atoms with Crippen LogP contribution in [0.15, 0.2) is 0 Å². The Hall–Kier alpha value is -1.10. The molecule has 0 radical (unpaired) electrons. The maximum atomic E-state index is 11.4. The van der Waals surface area contributed by atoms with Gasteiger partial charge in [0, 0.05) is 17.5 Å². The lowest BCUT2D eigenvalue weighted by molar-refractivity contribution is -0.127. The van der Waals surface area contributed by atoms with Crippen LogP contribution in [0.4, 0.5) is 0 Å². The number of carbonyl (C=O) groups excluding carboxylic acids is 2. The Morgan fingerprint density at radius 2 is 1.59 bits per heavy atom. The van der Waals surface area contributed by atoms with E-state index in [1.165, 1.54) is 0 Å². The van der Waals surface area contributed by atoms with E-state index in [2.05, 4.69) is 10.6 Å². The topological polar surface area (TPSA) is 84.2 Å². The van der Waals surface area contributed by atoms with E-state index in [4.69, 9.17) is 5.73 Å². The van der Waals surface area contributed by atoms with Crippen LogP contribution in [-0.2, 0) is 9.59 Å². The van der Waals surface area contributed by atoms with Crippen molar-refractivity contribution in [2.75, 3.05) is 6.54 Å². The second kappa shape index (κ2) is 6.00. The van der Waals surface area contributed by atoms with Crippen LogP contribution in [0.2, 0.25) is 0 Å². The van der Waals surface area contributed by atoms with E-state index in [9.17, 15) is 9.59 Å². The highest BCUT2D eigenvalue weighted by atomic mass is 16.2. The molecule has 0 atom stereocenters. The summed E-state index contributed by atoms with van der Waals surface area (Å²) in [6, 6.07) is 0. The van der Waals surface area contributed by atoms with Gasteiger partial charge in [-0.1, -0.05) is 0 Å². The zero-order valence-corrected chi connectivity index (χ0v) is 11.5. The summed E-state index contributed by atoms with van der Waals surface area (Å²) < 4.78 is 0. The van der Waals surface area contributed by atoms with Gasteiger partial charge in [0.2, 0.25) is 11.8 Å². The Bertz CT molecular complexity index is 274. The van der Waals surface area contributed by atoms with E-state index in [0.717, 1.165) is 0 Å². The molecule has 5 nitrogen and oxygen atoms in total. The molecule has 0 aliphatic carbocycles. The quantitative estimate of drug-likeness (QED) is 0.658. The van der Waals surface area contributed by atoms with Gasteiger partial charge in [0.1, 0.15) is 0 Å². The Labute approximate surface area is 104 Å². The van der Waals surface area contributed by atoms with Gasteiger partial charge in [-0.2, -0.15) is 0 Å².